The summed E-state index contributed by atoms with van der Waals surface area (Å²) in [6, 6.07) is -1.34. The second kappa shape index (κ2) is 13.6. The molecule has 0 rings (SSSR count). The summed E-state index contributed by atoms with van der Waals surface area (Å²) in [6.07, 6.45) is 1.60. The maximum atomic E-state index is 10.4. The number of thiol groups is 1. The third-order valence-corrected chi connectivity index (χ3v) is 2.37. The Morgan fingerprint density at radius 2 is 1.84 bits per heavy atom. The van der Waals surface area contributed by atoms with Gasteiger partial charge in [0.25, 0.3) is 0 Å². The van der Waals surface area contributed by atoms with E-state index in [-0.39, 0.29) is 13.0 Å². The summed E-state index contributed by atoms with van der Waals surface area (Å²) in [5.74, 6) is -1.33. The number of nitrogens with two attached hydrogens (primary N) is 1. The van der Waals surface area contributed by atoms with Crippen LogP contribution in [0, 0.1) is 0 Å². The molecule has 0 spiro atoms. The van der Waals surface area contributed by atoms with Gasteiger partial charge in [0.15, 0.2) is 0 Å². The molecule has 0 heterocycles. The van der Waals surface area contributed by atoms with Crippen molar-refractivity contribution in [2.24, 2.45) is 5.73 Å². The van der Waals surface area contributed by atoms with Gasteiger partial charge in [-0.1, -0.05) is 6.92 Å². The summed E-state index contributed by atoms with van der Waals surface area (Å²) in [4.78, 5) is 20.4. The molecule has 0 saturated carbocycles. The molecule has 6 N–H and O–H groups in total. The fourth-order valence-corrected chi connectivity index (χ4v) is 1.30. The van der Waals surface area contributed by atoms with Crippen LogP contribution in [-0.2, 0) is 9.59 Å². The fraction of sp³-hybridized carbons (Fsp3) is 0.818. The molecule has 7 nitrogen and oxygen atoms in total. The van der Waals surface area contributed by atoms with E-state index in [9.17, 15) is 9.59 Å². The molecule has 0 aromatic carbocycles. The van der Waals surface area contributed by atoms with Crippen LogP contribution < -0.4 is 11.1 Å². The number of carboxylic acids is 2. The van der Waals surface area contributed by atoms with Crippen LogP contribution >= 0.6 is 12.6 Å². The van der Waals surface area contributed by atoms with Crippen LogP contribution in [0.4, 0.5) is 0 Å². The molecule has 0 radical (unpaired) electrons. The van der Waals surface area contributed by atoms with Gasteiger partial charge in [0, 0.05) is 6.61 Å². The molecule has 2 atom stereocenters. The van der Waals surface area contributed by atoms with Crippen LogP contribution in [0.15, 0.2) is 0 Å². The van der Waals surface area contributed by atoms with Crippen molar-refractivity contribution < 1.29 is 24.9 Å². The Hall–Kier alpha value is -0.830. The van der Waals surface area contributed by atoms with Crippen molar-refractivity contribution in [3.05, 3.63) is 0 Å². The van der Waals surface area contributed by atoms with Gasteiger partial charge in [0.05, 0.1) is 0 Å². The predicted molar refractivity (Wildman–Crippen MR) is 75.5 cm³/mol. The van der Waals surface area contributed by atoms with Crippen LogP contribution in [-0.4, -0.2) is 58.2 Å². The van der Waals surface area contributed by atoms with Gasteiger partial charge in [-0.05, 0) is 31.6 Å². The molecule has 0 amide bonds. The van der Waals surface area contributed by atoms with Crippen molar-refractivity contribution >= 4 is 24.6 Å². The van der Waals surface area contributed by atoms with Crippen molar-refractivity contribution in [1.29, 1.82) is 0 Å². The van der Waals surface area contributed by atoms with Gasteiger partial charge in [-0.15, -0.1) is 0 Å². The maximum Gasteiger partial charge on any atom is 0.320 e. The summed E-state index contributed by atoms with van der Waals surface area (Å²) < 4.78 is 0. The first-order valence-electron chi connectivity index (χ1n) is 6.06. The molecule has 0 aliphatic rings. The zero-order chi connectivity index (χ0) is 15.3. The highest BCUT2D eigenvalue weighted by molar-refractivity contribution is 7.80. The van der Waals surface area contributed by atoms with E-state index >= 15 is 0 Å². The fourth-order valence-electron chi connectivity index (χ4n) is 1.02. The third-order valence-electron chi connectivity index (χ3n) is 2.11. The number of aliphatic hydroxyl groups is 1. The summed E-state index contributed by atoms with van der Waals surface area (Å²) in [6.45, 7) is 2.55. The molecule has 0 aromatic rings. The van der Waals surface area contributed by atoms with Crippen LogP contribution in [0.3, 0.4) is 0 Å². The third kappa shape index (κ3) is 13.4. The van der Waals surface area contributed by atoms with Gasteiger partial charge in [-0.25, -0.2) is 0 Å². The number of carboxylic acid groups (broad SMARTS) is 2. The van der Waals surface area contributed by atoms with Gasteiger partial charge in [-0.3, -0.25) is 9.59 Å². The van der Waals surface area contributed by atoms with E-state index in [4.69, 9.17) is 21.1 Å². The standard InChI is InChI=1S/C7H15NO3.C4H9NO2S/c1-2-4-8-6(3-5-9)7(10)11;5-3(1-2-8)4(6)7/h6,8-9H,2-5H2,1H3,(H,10,11);3,8H,1-2,5H2,(H,6,7). The van der Waals surface area contributed by atoms with E-state index < -0.39 is 24.0 Å². The Labute approximate surface area is 118 Å². The Kier molecular flexibility index (Phi) is 14.7. The van der Waals surface area contributed by atoms with Gasteiger partial charge in [0.1, 0.15) is 12.1 Å². The summed E-state index contributed by atoms with van der Waals surface area (Å²) in [5, 5.41) is 28.0. The van der Waals surface area contributed by atoms with Crippen LogP contribution in [0.5, 0.6) is 0 Å². The molecule has 0 bridgehead atoms. The zero-order valence-corrected chi connectivity index (χ0v) is 12.0. The average molecular weight is 296 g/mol. The van der Waals surface area contributed by atoms with Crippen molar-refractivity contribution in [3.8, 4) is 0 Å². The summed E-state index contributed by atoms with van der Waals surface area (Å²) >= 11 is 3.81. The quantitative estimate of drug-likeness (QED) is 0.317. The van der Waals surface area contributed by atoms with Gasteiger partial charge < -0.3 is 26.4 Å². The smallest absolute Gasteiger partial charge is 0.320 e. The van der Waals surface area contributed by atoms with Crippen LogP contribution in [0.25, 0.3) is 0 Å². The van der Waals surface area contributed by atoms with E-state index in [1.165, 1.54) is 0 Å². The Morgan fingerprint density at radius 1 is 1.26 bits per heavy atom. The van der Waals surface area contributed by atoms with Crippen molar-refractivity contribution in [2.75, 3.05) is 18.9 Å². The van der Waals surface area contributed by atoms with Crippen molar-refractivity contribution in [3.63, 3.8) is 0 Å². The Morgan fingerprint density at radius 3 is 2.11 bits per heavy atom. The summed E-state index contributed by atoms with van der Waals surface area (Å²) in [7, 11) is 0. The number of hydrogen-bond acceptors (Lipinski definition) is 6. The monoisotopic (exact) mass is 296 g/mol. The largest absolute Gasteiger partial charge is 0.480 e. The Bertz CT molecular complexity index is 253. The number of nitrogens with one attached hydrogen (secondary N) is 1. The molecular formula is C11H24N2O5S. The average Bonchev–Trinajstić information content (AvgIpc) is 2.35. The molecule has 0 aliphatic carbocycles. The number of aliphatic hydroxyl groups excluding tert-OH is 1. The Balaban J connectivity index is 0. The first-order chi connectivity index (χ1) is 8.90. The molecule has 114 valence electrons. The lowest BCUT2D eigenvalue weighted by molar-refractivity contribution is -0.140. The van der Waals surface area contributed by atoms with E-state index in [1.54, 1.807) is 0 Å². The topological polar surface area (TPSA) is 133 Å². The number of carbonyl (C=O) groups is 2. The second-order valence-electron chi connectivity index (χ2n) is 3.81. The molecule has 19 heavy (non-hydrogen) atoms. The molecular weight excluding hydrogens is 272 g/mol. The minimum absolute atomic E-state index is 0.0896. The lowest BCUT2D eigenvalue weighted by Gasteiger charge is -2.11. The summed E-state index contributed by atoms with van der Waals surface area (Å²) in [5.41, 5.74) is 5.08. The minimum atomic E-state index is -0.959. The SMILES string of the molecule is CCCNC(CCO)C(=O)O.NC(CCS)C(=O)O. The normalized spacial score (nSPS) is 13.1. The van der Waals surface area contributed by atoms with Gasteiger partial charge >= 0.3 is 11.9 Å². The molecule has 2 unspecified atom stereocenters. The lowest BCUT2D eigenvalue weighted by atomic mass is 10.2. The van der Waals surface area contributed by atoms with Gasteiger partial charge in [0.2, 0.25) is 0 Å². The minimum Gasteiger partial charge on any atom is -0.480 e. The molecule has 0 fully saturated rings. The molecule has 0 saturated heterocycles. The van der Waals surface area contributed by atoms with Crippen LogP contribution in [0.2, 0.25) is 0 Å². The second-order valence-corrected chi connectivity index (χ2v) is 4.26. The highest BCUT2D eigenvalue weighted by Crippen LogP contribution is 1.91. The number of rotatable bonds is 9. The lowest BCUT2D eigenvalue weighted by Crippen LogP contribution is -2.37. The predicted octanol–water partition coefficient (Wildman–Crippen LogP) is -0.460. The van der Waals surface area contributed by atoms with Gasteiger partial charge in [-0.2, -0.15) is 12.6 Å². The first-order valence-corrected chi connectivity index (χ1v) is 6.70. The highest BCUT2D eigenvalue weighted by atomic mass is 32.1. The molecule has 8 heteroatoms. The van der Waals surface area contributed by atoms with E-state index in [1.807, 2.05) is 6.92 Å². The first kappa shape index (κ1) is 20.5. The van der Waals surface area contributed by atoms with Crippen molar-refractivity contribution in [1.82, 2.24) is 5.32 Å². The highest BCUT2D eigenvalue weighted by Gasteiger charge is 2.14. The van der Waals surface area contributed by atoms with Crippen molar-refractivity contribution in [2.45, 2.75) is 38.3 Å². The van der Waals surface area contributed by atoms with Crippen LogP contribution in [0.1, 0.15) is 26.2 Å². The maximum absolute atomic E-state index is 10.4. The van der Waals surface area contributed by atoms with E-state index in [0.29, 0.717) is 18.7 Å². The molecule has 0 aliphatic heterocycles. The zero-order valence-electron chi connectivity index (χ0n) is 11.1. The number of hydrogen-bond donors (Lipinski definition) is 6. The molecule has 0 aromatic heterocycles. The van der Waals surface area contributed by atoms with E-state index in [2.05, 4.69) is 17.9 Å². The van der Waals surface area contributed by atoms with E-state index in [0.717, 1.165) is 6.42 Å². The number of aliphatic carboxylic acids is 2.